The maximum atomic E-state index is 11.8. The number of ether oxygens (including phenoxy) is 1. The molecule has 0 saturated carbocycles. The van der Waals surface area contributed by atoms with E-state index in [1.807, 2.05) is 37.3 Å². The molecular formula is C15H19N3O2. The zero-order chi connectivity index (χ0) is 14.2. The van der Waals surface area contributed by atoms with E-state index in [4.69, 9.17) is 4.74 Å². The lowest BCUT2D eigenvalue weighted by molar-refractivity contribution is -0.127. The first-order valence-corrected chi connectivity index (χ1v) is 6.70. The molecule has 1 unspecified atom stereocenters. The van der Waals surface area contributed by atoms with Crippen LogP contribution in [0.3, 0.4) is 0 Å². The summed E-state index contributed by atoms with van der Waals surface area (Å²) in [6, 6.07) is 9.68. The Morgan fingerprint density at radius 2 is 2.20 bits per heavy atom. The molecule has 0 spiro atoms. The van der Waals surface area contributed by atoms with Crippen LogP contribution < -0.4 is 5.32 Å². The molecule has 0 aliphatic carbocycles. The van der Waals surface area contributed by atoms with Gasteiger partial charge in [-0.05, 0) is 12.0 Å². The third kappa shape index (κ3) is 4.20. The molecular weight excluding hydrogens is 254 g/mol. The SMILES string of the molecule is CCC(NC(=O)COCc1ccccc1)c1ncc[nH]1. The summed E-state index contributed by atoms with van der Waals surface area (Å²) in [5.74, 6) is 0.632. The van der Waals surface area contributed by atoms with Crippen LogP contribution in [0.25, 0.3) is 0 Å². The van der Waals surface area contributed by atoms with Crippen molar-refractivity contribution in [3.8, 4) is 0 Å². The second-order valence-electron chi connectivity index (χ2n) is 4.48. The quantitative estimate of drug-likeness (QED) is 0.812. The zero-order valence-corrected chi connectivity index (χ0v) is 11.5. The van der Waals surface area contributed by atoms with Gasteiger partial charge in [0.15, 0.2) is 0 Å². The van der Waals surface area contributed by atoms with E-state index in [0.29, 0.717) is 6.61 Å². The zero-order valence-electron chi connectivity index (χ0n) is 11.5. The smallest absolute Gasteiger partial charge is 0.246 e. The number of imidazole rings is 1. The molecule has 0 radical (unpaired) electrons. The summed E-state index contributed by atoms with van der Waals surface area (Å²) in [6.45, 7) is 2.48. The van der Waals surface area contributed by atoms with Crippen molar-refractivity contribution in [2.24, 2.45) is 0 Å². The van der Waals surface area contributed by atoms with Gasteiger partial charge in [0.2, 0.25) is 5.91 Å². The minimum atomic E-state index is -0.135. The van der Waals surface area contributed by atoms with E-state index in [0.717, 1.165) is 17.8 Å². The highest BCUT2D eigenvalue weighted by Gasteiger charge is 2.14. The molecule has 1 amide bonds. The van der Waals surface area contributed by atoms with Gasteiger partial charge in [-0.25, -0.2) is 4.98 Å². The van der Waals surface area contributed by atoms with Gasteiger partial charge in [0.05, 0.1) is 12.6 Å². The highest BCUT2D eigenvalue weighted by atomic mass is 16.5. The Bertz CT molecular complexity index is 511. The fourth-order valence-electron chi connectivity index (χ4n) is 1.90. The number of hydrogen-bond donors (Lipinski definition) is 2. The summed E-state index contributed by atoms with van der Waals surface area (Å²) in [5, 5.41) is 2.90. The molecule has 2 N–H and O–H groups in total. The first kappa shape index (κ1) is 14.3. The van der Waals surface area contributed by atoms with Gasteiger partial charge in [0.25, 0.3) is 0 Å². The van der Waals surface area contributed by atoms with Crippen molar-refractivity contribution >= 4 is 5.91 Å². The van der Waals surface area contributed by atoms with E-state index in [-0.39, 0.29) is 18.6 Å². The fraction of sp³-hybridized carbons (Fsp3) is 0.333. The minimum Gasteiger partial charge on any atom is -0.367 e. The number of rotatable bonds is 7. The first-order valence-electron chi connectivity index (χ1n) is 6.70. The maximum absolute atomic E-state index is 11.8. The normalized spacial score (nSPS) is 12.1. The van der Waals surface area contributed by atoms with Crippen molar-refractivity contribution in [1.82, 2.24) is 15.3 Å². The van der Waals surface area contributed by atoms with Crippen LogP contribution in [0.4, 0.5) is 0 Å². The lowest BCUT2D eigenvalue weighted by Crippen LogP contribution is -2.32. The minimum absolute atomic E-state index is 0.0477. The Balaban J connectivity index is 1.75. The number of nitrogens with one attached hydrogen (secondary N) is 2. The highest BCUT2D eigenvalue weighted by molar-refractivity contribution is 5.77. The number of aromatic amines is 1. The lowest BCUT2D eigenvalue weighted by Gasteiger charge is -2.14. The molecule has 0 fully saturated rings. The standard InChI is InChI=1S/C15H19N3O2/c1-2-13(15-16-8-9-17-15)18-14(19)11-20-10-12-6-4-3-5-7-12/h3-9,13H,2,10-11H2,1H3,(H,16,17)(H,18,19). The van der Waals surface area contributed by atoms with Crippen molar-refractivity contribution in [3.63, 3.8) is 0 Å². The monoisotopic (exact) mass is 273 g/mol. The Morgan fingerprint density at radius 3 is 2.85 bits per heavy atom. The van der Waals surface area contributed by atoms with Gasteiger partial charge in [-0.1, -0.05) is 37.3 Å². The maximum Gasteiger partial charge on any atom is 0.246 e. The second kappa shape index (κ2) is 7.45. The van der Waals surface area contributed by atoms with E-state index in [9.17, 15) is 4.79 Å². The van der Waals surface area contributed by atoms with Gasteiger partial charge in [-0.15, -0.1) is 0 Å². The molecule has 0 bridgehead atoms. The topological polar surface area (TPSA) is 67.0 Å². The molecule has 0 aliphatic heterocycles. The average Bonchev–Trinajstić information content (AvgIpc) is 3.00. The molecule has 5 heteroatoms. The van der Waals surface area contributed by atoms with Gasteiger partial charge in [-0.3, -0.25) is 4.79 Å². The van der Waals surface area contributed by atoms with Crippen molar-refractivity contribution in [2.75, 3.05) is 6.61 Å². The predicted molar refractivity (Wildman–Crippen MR) is 75.9 cm³/mol. The van der Waals surface area contributed by atoms with Crippen molar-refractivity contribution in [3.05, 3.63) is 54.1 Å². The van der Waals surface area contributed by atoms with Crippen LogP contribution in [0.15, 0.2) is 42.7 Å². The first-order chi connectivity index (χ1) is 9.79. The number of hydrogen-bond acceptors (Lipinski definition) is 3. The second-order valence-corrected chi connectivity index (χ2v) is 4.48. The number of carbonyl (C=O) groups is 1. The summed E-state index contributed by atoms with van der Waals surface area (Å²) >= 11 is 0. The van der Waals surface area contributed by atoms with Gasteiger partial charge in [0, 0.05) is 12.4 Å². The molecule has 106 valence electrons. The Morgan fingerprint density at radius 1 is 1.40 bits per heavy atom. The third-order valence-corrected chi connectivity index (χ3v) is 2.94. The van der Waals surface area contributed by atoms with Gasteiger partial charge >= 0.3 is 0 Å². The van der Waals surface area contributed by atoms with Gasteiger partial charge in [-0.2, -0.15) is 0 Å². The number of carbonyl (C=O) groups excluding carboxylic acids is 1. The van der Waals surface area contributed by atoms with Crippen molar-refractivity contribution < 1.29 is 9.53 Å². The van der Waals surface area contributed by atoms with E-state index in [1.54, 1.807) is 12.4 Å². The van der Waals surface area contributed by atoms with Crippen molar-refractivity contribution in [1.29, 1.82) is 0 Å². The van der Waals surface area contributed by atoms with Crippen LogP contribution in [0.1, 0.15) is 30.8 Å². The van der Waals surface area contributed by atoms with E-state index in [2.05, 4.69) is 15.3 Å². The summed E-state index contributed by atoms with van der Waals surface area (Å²) in [6.07, 6.45) is 4.20. The summed E-state index contributed by atoms with van der Waals surface area (Å²) in [4.78, 5) is 19.0. The molecule has 2 aromatic rings. The number of aromatic nitrogens is 2. The van der Waals surface area contributed by atoms with Crippen LogP contribution in [0.2, 0.25) is 0 Å². The molecule has 1 aromatic carbocycles. The number of H-pyrrole nitrogens is 1. The fourth-order valence-corrected chi connectivity index (χ4v) is 1.90. The van der Waals surface area contributed by atoms with Crippen LogP contribution >= 0.6 is 0 Å². The van der Waals surface area contributed by atoms with E-state index < -0.39 is 0 Å². The van der Waals surface area contributed by atoms with Crippen molar-refractivity contribution in [2.45, 2.75) is 26.0 Å². The van der Waals surface area contributed by atoms with Gasteiger partial charge < -0.3 is 15.0 Å². The number of amides is 1. The Kier molecular flexibility index (Phi) is 5.32. The molecule has 0 aliphatic rings. The Labute approximate surface area is 118 Å². The van der Waals surface area contributed by atoms with Crippen LogP contribution in [-0.4, -0.2) is 22.5 Å². The summed E-state index contributed by atoms with van der Waals surface area (Å²) < 4.78 is 5.40. The number of benzene rings is 1. The van der Waals surface area contributed by atoms with E-state index >= 15 is 0 Å². The van der Waals surface area contributed by atoms with Crippen LogP contribution in [-0.2, 0) is 16.1 Å². The predicted octanol–water partition coefficient (Wildman–Crippen LogP) is 2.19. The van der Waals surface area contributed by atoms with Crippen LogP contribution in [0, 0.1) is 0 Å². The number of nitrogens with zero attached hydrogens (tertiary/aromatic N) is 1. The molecule has 0 saturated heterocycles. The average molecular weight is 273 g/mol. The molecule has 1 atom stereocenters. The summed E-state index contributed by atoms with van der Waals surface area (Å²) in [7, 11) is 0. The molecule has 1 heterocycles. The summed E-state index contributed by atoms with van der Waals surface area (Å²) in [5.41, 5.74) is 1.05. The lowest BCUT2D eigenvalue weighted by atomic mass is 10.2. The molecule has 5 nitrogen and oxygen atoms in total. The largest absolute Gasteiger partial charge is 0.367 e. The van der Waals surface area contributed by atoms with E-state index in [1.165, 1.54) is 0 Å². The molecule has 1 aromatic heterocycles. The third-order valence-electron chi connectivity index (χ3n) is 2.94. The molecule has 2 rings (SSSR count). The van der Waals surface area contributed by atoms with Gasteiger partial charge in [0.1, 0.15) is 12.4 Å². The van der Waals surface area contributed by atoms with Crippen LogP contribution in [0.5, 0.6) is 0 Å². The Hall–Kier alpha value is -2.14. The molecule has 20 heavy (non-hydrogen) atoms. The highest BCUT2D eigenvalue weighted by Crippen LogP contribution is 2.10.